The van der Waals surface area contributed by atoms with Gasteiger partial charge < -0.3 is 10.2 Å². The maximum absolute atomic E-state index is 12.5. The molecule has 38 heavy (non-hydrogen) atoms. The fourth-order valence-electron chi connectivity index (χ4n) is 6.22. The summed E-state index contributed by atoms with van der Waals surface area (Å²) in [7, 11) is 0. The molecule has 7 nitrogen and oxygen atoms in total. The number of anilines is 1. The molecule has 1 radical (unpaired) electrons. The highest BCUT2D eigenvalue weighted by Gasteiger charge is 2.36. The van der Waals surface area contributed by atoms with Gasteiger partial charge in [-0.3, -0.25) is 24.2 Å². The summed E-state index contributed by atoms with van der Waals surface area (Å²) in [6, 6.07) is 17.3. The number of hydrogen-bond donors (Lipinski definition) is 1. The van der Waals surface area contributed by atoms with Crippen LogP contribution in [0.4, 0.5) is 5.69 Å². The maximum atomic E-state index is 12.5. The van der Waals surface area contributed by atoms with Crippen molar-refractivity contribution in [1.82, 2.24) is 14.7 Å². The average molecular weight is 516 g/mol. The van der Waals surface area contributed by atoms with Crippen LogP contribution < -0.4 is 5.32 Å². The summed E-state index contributed by atoms with van der Waals surface area (Å²) in [5, 5.41) is 2.97. The molecular weight excluding hydrogens is 476 g/mol. The fourth-order valence-corrected chi connectivity index (χ4v) is 6.22. The number of carbonyl (C=O) groups is 3. The van der Waals surface area contributed by atoms with E-state index in [1.54, 1.807) is 12.1 Å². The van der Waals surface area contributed by atoms with Gasteiger partial charge in [0.2, 0.25) is 5.91 Å². The Hall–Kier alpha value is -3.03. The summed E-state index contributed by atoms with van der Waals surface area (Å²) in [6.45, 7) is 5.89. The number of unbranched alkanes of at least 4 members (excludes halogenated alkanes) is 2. The zero-order chi connectivity index (χ0) is 26.3. The monoisotopic (exact) mass is 515 g/mol. The van der Waals surface area contributed by atoms with Crippen LogP contribution in [0, 0.1) is 12.3 Å². The number of para-hydroxylation sites is 1. The first-order valence-corrected chi connectivity index (χ1v) is 14.2. The number of hydrogen-bond acceptors (Lipinski definition) is 5. The van der Waals surface area contributed by atoms with Gasteiger partial charge in [-0.05, 0) is 94.9 Å². The van der Waals surface area contributed by atoms with Crippen molar-refractivity contribution in [2.24, 2.45) is 5.92 Å². The zero-order valence-electron chi connectivity index (χ0n) is 22.2. The van der Waals surface area contributed by atoms with E-state index in [-0.39, 0.29) is 17.7 Å². The van der Waals surface area contributed by atoms with Gasteiger partial charge in [0.05, 0.1) is 11.1 Å². The third-order valence-corrected chi connectivity index (χ3v) is 8.18. The Balaban J connectivity index is 0.975. The number of imide groups is 1. The van der Waals surface area contributed by atoms with Crippen molar-refractivity contribution >= 4 is 23.4 Å². The van der Waals surface area contributed by atoms with Gasteiger partial charge in [-0.2, -0.15) is 0 Å². The predicted molar refractivity (Wildman–Crippen MR) is 149 cm³/mol. The van der Waals surface area contributed by atoms with Gasteiger partial charge in [-0.25, -0.2) is 0 Å². The van der Waals surface area contributed by atoms with Crippen LogP contribution in [0.2, 0.25) is 0 Å². The Labute approximate surface area is 226 Å². The summed E-state index contributed by atoms with van der Waals surface area (Å²) >= 11 is 0. The predicted octanol–water partition coefficient (Wildman–Crippen LogP) is 4.47. The number of nitrogens with one attached hydrogen (secondary N) is 1. The molecule has 0 spiro atoms. The molecule has 3 aliphatic heterocycles. The first kappa shape index (κ1) is 26.6. The largest absolute Gasteiger partial charge is 0.326 e. The molecular formula is C31H39N4O3. The standard InChI is InChI=1S/C31H39N4O3/c36-29(32-25-11-3-1-4-12-25)16-10-18-33-22-17-24(23-33)28-15-9-20-34(28)19-7-2-8-21-35-30(37)26-13-5-6-14-27(26)31(35)38/h1,3-6,11-15,24,28H,2,7-10,16-23H2,(H,32,36). The minimum atomic E-state index is -0.151. The Morgan fingerprint density at radius 2 is 1.53 bits per heavy atom. The second-order valence-electron chi connectivity index (χ2n) is 10.8. The van der Waals surface area contributed by atoms with Crippen LogP contribution >= 0.6 is 0 Å². The van der Waals surface area contributed by atoms with Gasteiger partial charge in [-0.15, -0.1) is 0 Å². The molecule has 5 rings (SSSR count). The van der Waals surface area contributed by atoms with Crippen LogP contribution in [0.15, 0.2) is 54.6 Å². The third-order valence-electron chi connectivity index (χ3n) is 8.18. The Bertz CT molecular complexity index is 1090. The Morgan fingerprint density at radius 1 is 0.816 bits per heavy atom. The summed E-state index contributed by atoms with van der Waals surface area (Å²) in [5.74, 6) is 0.448. The summed E-state index contributed by atoms with van der Waals surface area (Å²) < 4.78 is 0. The summed E-state index contributed by atoms with van der Waals surface area (Å²) in [4.78, 5) is 43.9. The lowest BCUT2D eigenvalue weighted by molar-refractivity contribution is -0.116. The van der Waals surface area contributed by atoms with Gasteiger partial charge in [0.25, 0.3) is 11.8 Å². The van der Waals surface area contributed by atoms with Crippen molar-refractivity contribution < 1.29 is 14.4 Å². The Morgan fingerprint density at radius 3 is 2.29 bits per heavy atom. The van der Waals surface area contributed by atoms with Crippen LogP contribution in [0.25, 0.3) is 0 Å². The molecule has 2 unspecified atom stereocenters. The van der Waals surface area contributed by atoms with Gasteiger partial charge in [0, 0.05) is 31.2 Å². The molecule has 7 heteroatoms. The highest BCUT2D eigenvalue weighted by atomic mass is 16.2. The van der Waals surface area contributed by atoms with Gasteiger partial charge >= 0.3 is 0 Å². The molecule has 0 aliphatic carbocycles. The van der Waals surface area contributed by atoms with Crippen molar-refractivity contribution in [3.05, 3.63) is 72.1 Å². The molecule has 201 valence electrons. The van der Waals surface area contributed by atoms with E-state index in [0.29, 0.717) is 36.1 Å². The van der Waals surface area contributed by atoms with Crippen LogP contribution in [-0.2, 0) is 4.79 Å². The van der Waals surface area contributed by atoms with E-state index in [4.69, 9.17) is 0 Å². The molecule has 2 aromatic rings. The third kappa shape index (κ3) is 6.33. The normalized spacial score (nSPS) is 21.8. The van der Waals surface area contributed by atoms with Crippen molar-refractivity contribution in [2.45, 2.75) is 51.0 Å². The van der Waals surface area contributed by atoms with Crippen molar-refractivity contribution in [3.63, 3.8) is 0 Å². The topological polar surface area (TPSA) is 73.0 Å². The summed E-state index contributed by atoms with van der Waals surface area (Å²) in [5.41, 5.74) is 1.93. The van der Waals surface area contributed by atoms with Gasteiger partial charge in [0.1, 0.15) is 0 Å². The molecule has 3 heterocycles. The van der Waals surface area contributed by atoms with Crippen molar-refractivity contribution in [2.75, 3.05) is 44.6 Å². The lowest BCUT2D eigenvalue weighted by Crippen LogP contribution is -2.38. The number of nitrogens with zero attached hydrogens (tertiary/aromatic N) is 3. The van der Waals surface area contributed by atoms with Gasteiger partial charge in [-0.1, -0.05) is 36.8 Å². The average Bonchev–Trinajstić information content (AvgIpc) is 3.65. The van der Waals surface area contributed by atoms with Crippen molar-refractivity contribution in [3.8, 4) is 0 Å². The highest BCUT2D eigenvalue weighted by molar-refractivity contribution is 6.21. The van der Waals surface area contributed by atoms with E-state index in [1.165, 1.54) is 11.3 Å². The highest BCUT2D eigenvalue weighted by Crippen LogP contribution is 2.30. The quantitative estimate of drug-likeness (QED) is 0.334. The number of fused-ring (bicyclic) bond motifs is 1. The van der Waals surface area contributed by atoms with E-state index in [9.17, 15) is 14.4 Å². The first-order chi connectivity index (χ1) is 18.6. The summed E-state index contributed by atoms with van der Waals surface area (Å²) in [6.07, 6.45) is 9.25. The van der Waals surface area contributed by atoms with E-state index < -0.39 is 0 Å². The van der Waals surface area contributed by atoms with E-state index in [1.807, 2.05) is 42.5 Å². The fraction of sp³-hybridized carbons (Fsp3) is 0.484. The van der Waals surface area contributed by atoms with Crippen LogP contribution in [0.5, 0.6) is 0 Å². The maximum Gasteiger partial charge on any atom is 0.261 e. The number of amides is 3. The smallest absolute Gasteiger partial charge is 0.261 e. The van der Waals surface area contributed by atoms with Crippen molar-refractivity contribution in [1.29, 1.82) is 0 Å². The SMILES string of the molecule is O=C(CCCN1CCC(C2[CH]CCN2CCCCCN2C(=O)c3ccccc3C2=O)C1)Nc1ccccc1. The number of benzene rings is 2. The van der Waals surface area contributed by atoms with E-state index in [2.05, 4.69) is 21.5 Å². The van der Waals surface area contributed by atoms with Crippen LogP contribution in [-0.4, -0.2) is 77.7 Å². The lowest BCUT2D eigenvalue weighted by atomic mass is 9.96. The molecule has 2 fully saturated rings. The van der Waals surface area contributed by atoms with Crippen LogP contribution in [0.3, 0.4) is 0 Å². The van der Waals surface area contributed by atoms with E-state index in [0.717, 1.165) is 70.5 Å². The van der Waals surface area contributed by atoms with Gasteiger partial charge in [0.15, 0.2) is 0 Å². The molecule has 3 aliphatic rings. The number of likely N-dealkylation sites (tertiary alicyclic amines) is 2. The number of rotatable bonds is 12. The molecule has 0 aromatic heterocycles. The molecule has 0 saturated carbocycles. The zero-order valence-corrected chi connectivity index (χ0v) is 22.2. The van der Waals surface area contributed by atoms with Crippen LogP contribution in [0.1, 0.15) is 65.7 Å². The minimum absolute atomic E-state index is 0.0882. The molecule has 2 saturated heterocycles. The molecule has 3 amide bonds. The lowest BCUT2D eigenvalue weighted by Gasteiger charge is -2.29. The molecule has 2 aromatic carbocycles. The first-order valence-electron chi connectivity index (χ1n) is 14.2. The van der Waals surface area contributed by atoms with E-state index >= 15 is 0 Å². The molecule has 0 bridgehead atoms. The second-order valence-corrected chi connectivity index (χ2v) is 10.8. The number of carbonyl (C=O) groups excluding carboxylic acids is 3. The Kier molecular flexibility index (Phi) is 8.86. The second kappa shape index (κ2) is 12.7. The molecule has 2 atom stereocenters. The molecule has 1 N–H and O–H groups in total. The minimum Gasteiger partial charge on any atom is -0.326 e.